The first kappa shape index (κ1) is 20.9. The number of rotatable bonds is 9. The molecule has 2 amide bonds. The first-order valence-corrected chi connectivity index (χ1v) is 10.9. The monoisotopic (exact) mass is 406 g/mol. The fourth-order valence-electron chi connectivity index (χ4n) is 3.23. The summed E-state index contributed by atoms with van der Waals surface area (Å²) in [7, 11) is 4.02. The lowest BCUT2D eigenvalue weighted by molar-refractivity contribution is -0.131. The van der Waals surface area contributed by atoms with Crippen LogP contribution in [0.25, 0.3) is 0 Å². The summed E-state index contributed by atoms with van der Waals surface area (Å²) in [6.07, 6.45) is 7.82. The second-order valence-corrected chi connectivity index (χ2v) is 8.73. The van der Waals surface area contributed by atoms with Gasteiger partial charge in [0.25, 0.3) is 0 Å². The molecule has 8 nitrogen and oxygen atoms in total. The van der Waals surface area contributed by atoms with Gasteiger partial charge in [-0.2, -0.15) is 5.10 Å². The van der Waals surface area contributed by atoms with Gasteiger partial charge in [-0.25, -0.2) is 4.99 Å². The fraction of sp³-hybridized carbons (Fsp3) is 0.684. The van der Waals surface area contributed by atoms with Crippen LogP contribution in [0.3, 0.4) is 0 Å². The minimum atomic E-state index is -0.394. The molecule has 1 atom stereocenters. The summed E-state index contributed by atoms with van der Waals surface area (Å²) in [4.78, 5) is 33.9. The molecule has 0 bridgehead atoms. The second kappa shape index (κ2) is 9.56. The van der Waals surface area contributed by atoms with Crippen LogP contribution in [0.2, 0.25) is 0 Å². The van der Waals surface area contributed by atoms with Gasteiger partial charge >= 0.3 is 0 Å². The van der Waals surface area contributed by atoms with Gasteiger partial charge in [-0.1, -0.05) is 11.8 Å². The summed E-state index contributed by atoms with van der Waals surface area (Å²) in [6.45, 7) is 4.35. The molecular formula is C19H30N6O2S. The lowest BCUT2D eigenvalue weighted by Gasteiger charge is -2.34. The molecule has 1 aliphatic heterocycles. The number of hydrogen-bond acceptors (Lipinski definition) is 6. The van der Waals surface area contributed by atoms with Crippen molar-refractivity contribution in [2.24, 2.45) is 4.99 Å². The maximum atomic E-state index is 13.0. The smallest absolute Gasteiger partial charge is 0.242 e. The zero-order chi connectivity index (χ0) is 20.1. The van der Waals surface area contributed by atoms with Crippen molar-refractivity contribution in [3.63, 3.8) is 0 Å². The van der Waals surface area contributed by atoms with Gasteiger partial charge in [0.15, 0.2) is 5.17 Å². The van der Waals surface area contributed by atoms with E-state index < -0.39 is 5.25 Å². The standard InChI is InChI=1S/C19H30N6O2S/c1-4-24-13-14(12-21-24)22-19-25(15-7-5-8-15)18(27)16(28-19)11-17(26)20-9-6-10-23(2)3/h12-13,15-16H,4-11H2,1-3H3,(H,20,26). The number of carbonyl (C=O) groups is 2. The Morgan fingerprint density at radius 1 is 1.43 bits per heavy atom. The van der Waals surface area contributed by atoms with Crippen LogP contribution in [0.5, 0.6) is 0 Å². The highest BCUT2D eigenvalue weighted by Crippen LogP contribution is 2.37. The van der Waals surface area contributed by atoms with E-state index in [1.807, 2.05) is 36.8 Å². The maximum absolute atomic E-state index is 13.0. The van der Waals surface area contributed by atoms with Crippen molar-refractivity contribution in [3.05, 3.63) is 12.4 Å². The molecule has 1 unspecified atom stereocenters. The van der Waals surface area contributed by atoms with Crippen molar-refractivity contribution in [1.29, 1.82) is 0 Å². The second-order valence-electron chi connectivity index (χ2n) is 7.56. The summed E-state index contributed by atoms with van der Waals surface area (Å²) >= 11 is 1.41. The van der Waals surface area contributed by atoms with Crippen LogP contribution in [0.4, 0.5) is 5.69 Å². The summed E-state index contributed by atoms with van der Waals surface area (Å²) in [5, 5.41) is 7.49. The van der Waals surface area contributed by atoms with Gasteiger partial charge in [0.05, 0.1) is 12.4 Å². The van der Waals surface area contributed by atoms with Gasteiger partial charge < -0.3 is 10.2 Å². The molecule has 3 rings (SSSR count). The number of hydrogen-bond donors (Lipinski definition) is 1. The van der Waals surface area contributed by atoms with E-state index in [0.29, 0.717) is 11.7 Å². The lowest BCUT2D eigenvalue weighted by Crippen LogP contribution is -2.45. The molecule has 2 aliphatic rings. The number of nitrogens with zero attached hydrogens (tertiary/aromatic N) is 5. The van der Waals surface area contributed by atoms with Crippen LogP contribution >= 0.6 is 11.8 Å². The normalized spacial score (nSPS) is 21.6. The molecular weight excluding hydrogens is 376 g/mol. The van der Waals surface area contributed by atoms with E-state index in [1.54, 1.807) is 6.20 Å². The van der Waals surface area contributed by atoms with Crippen LogP contribution in [0.1, 0.15) is 39.0 Å². The molecule has 2 heterocycles. The highest BCUT2D eigenvalue weighted by Gasteiger charge is 2.44. The van der Waals surface area contributed by atoms with E-state index in [9.17, 15) is 9.59 Å². The van der Waals surface area contributed by atoms with Gasteiger partial charge in [0, 0.05) is 25.6 Å². The zero-order valence-electron chi connectivity index (χ0n) is 16.9. The first-order valence-electron chi connectivity index (χ1n) is 10.00. The molecule has 2 fully saturated rings. The van der Waals surface area contributed by atoms with Crippen molar-refractivity contribution < 1.29 is 9.59 Å². The Kier molecular flexibility index (Phi) is 7.12. The van der Waals surface area contributed by atoms with Crippen molar-refractivity contribution in [3.8, 4) is 0 Å². The molecule has 1 aromatic rings. The van der Waals surface area contributed by atoms with E-state index in [-0.39, 0.29) is 24.3 Å². The number of carbonyl (C=O) groups excluding carboxylic acids is 2. The van der Waals surface area contributed by atoms with E-state index in [0.717, 1.165) is 44.5 Å². The number of amidine groups is 1. The Hall–Kier alpha value is -1.87. The average molecular weight is 407 g/mol. The van der Waals surface area contributed by atoms with Crippen molar-refractivity contribution in [1.82, 2.24) is 24.9 Å². The highest BCUT2D eigenvalue weighted by atomic mass is 32.2. The number of amides is 2. The Balaban J connectivity index is 1.63. The number of aryl methyl sites for hydroxylation is 1. The molecule has 28 heavy (non-hydrogen) atoms. The van der Waals surface area contributed by atoms with Gasteiger partial charge in [0.1, 0.15) is 10.9 Å². The topological polar surface area (TPSA) is 82.8 Å². The molecule has 0 aromatic carbocycles. The predicted octanol–water partition coefficient (Wildman–Crippen LogP) is 1.84. The van der Waals surface area contributed by atoms with Crippen LogP contribution in [0, 0.1) is 0 Å². The zero-order valence-corrected chi connectivity index (χ0v) is 17.7. The fourth-order valence-corrected chi connectivity index (χ4v) is 4.45. The number of thioether (sulfide) groups is 1. The predicted molar refractivity (Wildman–Crippen MR) is 112 cm³/mol. The van der Waals surface area contributed by atoms with Gasteiger partial charge in [-0.05, 0) is 53.2 Å². The molecule has 1 saturated carbocycles. The third kappa shape index (κ3) is 5.14. The third-order valence-electron chi connectivity index (χ3n) is 5.05. The molecule has 0 radical (unpaired) electrons. The van der Waals surface area contributed by atoms with E-state index in [2.05, 4.69) is 20.3 Å². The van der Waals surface area contributed by atoms with E-state index >= 15 is 0 Å². The molecule has 0 spiro atoms. The quantitative estimate of drug-likeness (QED) is 0.633. The highest BCUT2D eigenvalue weighted by molar-refractivity contribution is 8.15. The summed E-state index contributed by atoms with van der Waals surface area (Å²) in [5.74, 6) is -0.0574. The summed E-state index contributed by atoms with van der Waals surface area (Å²) in [5.41, 5.74) is 0.746. The minimum Gasteiger partial charge on any atom is -0.356 e. The largest absolute Gasteiger partial charge is 0.356 e. The average Bonchev–Trinajstić information content (AvgIpc) is 3.17. The molecule has 9 heteroatoms. The van der Waals surface area contributed by atoms with Crippen molar-refractivity contribution >= 4 is 34.4 Å². The first-order chi connectivity index (χ1) is 13.5. The van der Waals surface area contributed by atoms with E-state index in [1.165, 1.54) is 11.8 Å². The van der Waals surface area contributed by atoms with Crippen LogP contribution in [-0.2, 0) is 16.1 Å². The van der Waals surface area contributed by atoms with Gasteiger partial charge in [0.2, 0.25) is 11.8 Å². The Bertz CT molecular complexity index is 728. The number of aliphatic imine (C=N–C) groups is 1. The maximum Gasteiger partial charge on any atom is 0.242 e. The summed E-state index contributed by atoms with van der Waals surface area (Å²) in [6, 6.07) is 0.216. The number of aromatic nitrogens is 2. The van der Waals surface area contributed by atoms with E-state index in [4.69, 9.17) is 0 Å². The minimum absolute atomic E-state index is 0.0137. The van der Waals surface area contributed by atoms with Gasteiger partial charge in [-0.3, -0.25) is 19.2 Å². The Morgan fingerprint density at radius 2 is 2.21 bits per heavy atom. The summed E-state index contributed by atoms with van der Waals surface area (Å²) < 4.78 is 1.81. The van der Waals surface area contributed by atoms with Gasteiger partial charge in [-0.15, -0.1) is 0 Å². The Morgan fingerprint density at radius 3 is 2.82 bits per heavy atom. The van der Waals surface area contributed by atoms with Crippen LogP contribution < -0.4 is 5.32 Å². The molecule has 154 valence electrons. The third-order valence-corrected chi connectivity index (χ3v) is 6.20. The molecule has 1 aromatic heterocycles. The van der Waals surface area contributed by atoms with Crippen LogP contribution in [-0.4, -0.2) is 75.0 Å². The lowest BCUT2D eigenvalue weighted by atomic mass is 9.91. The van der Waals surface area contributed by atoms with Crippen molar-refractivity contribution in [2.45, 2.75) is 56.9 Å². The SMILES string of the molecule is CCn1cc(N=C2SC(CC(=O)NCCCN(C)C)C(=O)N2C2CCC2)cn1. The van der Waals surface area contributed by atoms with Crippen molar-refractivity contribution in [2.75, 3.05) is 27.2 Å². The Labute approximate surface area is 170 Å². The number of nitrogens with one attached hydrogen (secondary N) is 1. The molecule has 1 N–H and O–H groups in total. The van der Waals surface area contributed by atoms with Crippen LogP contribution in [0.15, 0.2) is 17.4 Å². The molecule has 1 saturated heterocycles. The molecule has 1 aliphatic carbocycles.